The first kappa shape index (κ1) is 20.2. The van der Waals surface area contributed by atoms with Gasteiger partial charge in [-0.05, 0) is 56.4 Å². The summed E-state index contributed by atoms with van der Waals surface area (Å²) in [5.41, 5.74) is 3.72. The average Bonchev–Trinajstić information content (AvgIpc) is 3.02. The lowest BCUT2D eigenvalue weighted by Crippen LogP contribution is -2.41. The first-order chi connectivity index (χ1) is 13.6. The fourth-order valence-electron chi connectivity index (χ4n) is 3.49. The van der Waals surface area contributed by atoms with Crippen LogP contribution in [0.4, 0.5) is 0 Å². The number of hydrogen-bond acceptors (Lipinski definition) is 5. The molecular weight excluding hydrogens is 350 g/mol. The molecule has 1 aliphatic rings. The number of aliphatic hydroxyl groups excluding tert-OH is 1. The number of nitrogens with zero attached hydrogens (tertiary/aromatic N) is 3. The summed E-state index contributed by atoms with van der Waals surface area (Å²) in [7, 11) is 1.69. The summed E-state index contributed by atoms with van der Waals surface area (Å²) in [5.74, 6) is 1.88. The monoisotopic (exact) mass is 381 g/mol. The van der Waals surface area contributed by atoms with Crippen LogP contribution in [0.5, 0.6) is 5.75 Å². The van der Waals surface area contributed by atoms with Crippen molar-refractivity contribution in [2.45, 2.75) is 52.4 Å². The van der Waals surface area contributed by atoms with E-state index in [-0.39, 0.29) is 0 Å². The summed E-state index contributed by atoms with van der Waals surface area (Å²) < 4.78 is 5.21. The Kier molecular flexibility index (Phi) is 6.93. The lowest BCUT2D eigenvalue weighted by Gasteiger charge is -2.26. The lowest BCUT2D eigenvalue weighted by molar-refractivity contribution is -0.0617. The first-order valence-corrected chi connectivity index (χ1v) is 10.1. The minimum atomic E-state index is -0.678. The number of amidine groups is 1. The van der Waals surface area contributed by atoms with Gasteiger partial charge in [0.25, 0.3) is 0 Å². The van der Waals surface area contributed by atoms with E-state index in [0.717, 1.165) is 49.4 Å². The lowest BCUT2D eigenvalue weighted by atomic mass is 10.1. The molecular formula is C23H31N3O2. The second-order valence-corrected chi connectivity index (χ2v) is 7.29. The molecule has 0 spiro atoms. The van der Waals surface area contributed by atoms with E-state index >= 15 is 0 Å². The molecule has 0 bridgehead atoms. The van der Waals surface area contributed by atoms with Gasteiger partial charge in [-0.15, -0.1) is 0 Å². The Hall–Kier alpha value is -2.53. The van der Waals surface area contributed by atoms with E-state index in [1.165, 1.54) is 11.1 Å². The van der Waals surface area contributed by atoms with E-state index in [9.17, 15) is 5.11 Å². The van der Waals surface area contributed by atoms with Crippen molar-refractivity contribution in [3.63, 3.8) is 0 Å². The molecule has 5 heteroatoms. The van der Waals surface area contributed by atoms with E-state index in [0.29, 0.717) is 6.54 Å². The highest BCUT2D eigenvalue weighted by Gasteiger charge is 2.30. The highest BCUT2D eigenvalue weighted by Crippen LogP contribution is 2.21. The predicted octanol–water partition coefficient (Wildman–Crippen LogP) is 4.14. The van der Waals surface area contributed by atoms with Gasteiger partial charge in [0.1, 0.15) is 11.6 Å². The summed E-state index contributed by atoms with van der Waals surface area (Å²) in [6.45, 7) is 5.51. The molecule has 0 aromatic heterocycles. The number of hydrogen-bond donors (Lipinski definition) is 1. The van der Waals surface area contributed by atoms with E-state index in [1.807, 2.05) is 17.0 Å². The molecule has 0 aliphatic carbocycles. The molecule has 2 aromatic carbocycles. The molecule has 150 valence electrons. The van der Waals surface area contributed by atoms with Crippen LogP contribution in [0.3, 0.4) is 0 Å². The third-order valence-corrected chi connectivity index (χ3v) is 5.20. The normalized spacial score (nSPS) is 16.4. The topological polar surface area (TPSA) is 48.3 Å². The fourth-order valence-corrected chi connectivity index (χ4v) is 3.49. The SMILES string of the molecule is CCN1C(CCCCc2ccc(OC)cc2)=NN(Cc2ccc(C)cc2)C1O. The van der Waals surface area contributed by atoms with Gasteiger partial charge in [-0.25, -0.2) is 5.01 Å². The predicted molar refractivity (Wildman–Crippen MR) is 113 cm³/mol. The second-order valence-electron chi connectivity index (χ2n) is 7.29. The molecule has 1 heterocycles. The Labute approximate surface area is 168 Å². The smallest absolute Gasteiger partial charge is 0.224 e. The van der Waals surface area contributed by atoms with Crippen LogP contribution in [-0.4, -0.2) is 40.9 Å². The maximum atomic E-state index is 10.6. The zero-order valence-electron chi connectivity index (χ0n) is 17.1. The van der Waals surface area contributed by atoms with Gasteiger partial charge in [0.2, 0.25) is 6.35 Å². The summed E-state index contributed by atoms with van der Waals surface area (Å²) >= 11 is 0. The van der Waals surface area contributed by atoms with Crippen LogP contribution in [0.1, 0.15) is 42.9 Å². The van der Waals surface area contributed by atoms with E-state index < -0.39 is 6.35 Å². The van der Waals surface area contributed by atoms with E-state index in [1.54, 1.807) is 12.1 Å². The Morgan fingerprint density at radius 1 is 0.964 bits per heavy atom. The van der Waals surface area contributed by atoms with E-state index in [4.69, 9.17) is 9.84 Å². The standard InChI is InChI=1S/C23H31N3O2/c1-4-25-22(8-6-5-7-19-13-15-21(28-3)16-14-19)24-26(23(25)27)17-20-11-9-18(2)10-12-20/h9-16,23,27H,4-8,17H2,1-3H3. The van der Waals surface area contributed by atoms with Gasteiger partial charge in [0.15, 0.2) is 0 Å². The molecule has 0 amide bonds. The number of hydrazone groups is 1. The molecule has 0 radical (unpaired) electrons. The first-order valence-electron chi connectivity index (χ1n) is 10.1. The van der Waals surface area contributed by atoms with E-state index in [2.05, 4.69) is 50.2 Å². The number of rotatable bonds is 9. The van der Waals surface area contributed by atoms with Crippen LogP contribution in [0.25, 0.3) is 0 Å². The highest BCUT2D eigenvalue weighted by molar-refractivity contribution is 5.83. The zero-order valence-corrected chi connectivity index (χ0v) is 17.1. The molecule has 1 aliphatic heterocycles. The molecule has 5 nitrogen and oxygen atoms in total. The summed E-state index contributed by atoms with van der Waals surface area (Å²) in [5, 5.41) is 17.1. The van der Waals surface area contributed by atoms with Crippen LogP contribution in [0.15, 0.2) is 53.6 Å². The van der Waals surface area contributed by atoms with Crippen molar-refractivity contribution < 1.29 is 9.84 Å². The summed E-state index contributed by atoms with van der Waals surface area (Å²) in [6.07, 6.45) is 3.39. The van der Waals surface area contributed by atoms with Gasteiger partial charge in [-0.1, -0.05) is 42.0 Å². The van der Waals surface area contributed by atoms with Gasteiger partial charge in [0.05, 0.1) is 13.7 Å². The molecule has 2 aromatic rings. The number of aryl methyl sites for hydroxylation is 2. The Morgan fingerprint density at radius 2 is 1.61 bits per heavy atom. The van der Waals surface area contributed by atoms with Crippen molar-refractivity contribution in [3.05, 3.63) is 65.2 Å². The van der Waals surface area contributed by atoms with Crippen molar-refractivity contribution in [2.75, 3.05) is 13.7 Å². The number of aliphatic hydroxyl groups is 1. The van der Waals surface area contributed by atoms with Crippen molar-refractivity contribution in [2.24, 2.45) is 5.10 Å². The molecule has 3 rings (SSSR count). The van der Waals surface area contributed by atoms with Crippen molar-refractivity contribution >= 4 is 5.84 Å². The van der Waals surface area contributed by atoms with Gasteiger partial charge in [-0.2, -0.15) is 5.10 Å². The molecule has 1 unspecified atom stereocenters. The molecule has 1 N–H and O–H groups in total. The fraction of sp³-hybridized carbons (Fsp3) is 0.435. The van der Waals surface area contributed by atoms with Crippen LogP contribution in [0.2, 0.25) is 0 Å². The third-order valence-electron chi connectivity index (χ3n) is 5.20. The molecule has 0 saturated carbocycles. The van der Waals surface area contributed by atoms with Crippen LogP contribution in [-0.2, 0) is 13.0 Å². The minimum absolute atomic E-state index is 0.618. The maximum Gasteiger partial charge on any atom is 0.224 e. The maximum absolute atomic E-state index is 10.6. The number of benzene rings is 2. The minimum Gasteiger partial charge on any atom is -0.497 e. The Bertz CT molecular complexity index is 771. The highest BCUT2D eigenvalue weighted by atomic mass is 16.5. The van der Waals surface area contributed by atoms with Crippen LogP contribution >= 0.6 is 0 Å². The van der Waals surface area contributed by atoms with Crippen molar-refractivity contribution in [1.29, 1.82) is 0 Å². The van der Waals surface area contributed by atoms with Crippen molar-refractivity contribution in [1.82, 2.24) is 9.91 Å². The third kappa shape index (κ3) is 5.04. The largest absolute Gasteiger partial charge is 0.497 e. The summed E-state index contributed by atoms with van der Waals surface area (Å²) in [6, 6.07) is 16.7. The summed E-state index contributed by atoms with van der Waals surface area (Å²) in [4.78, 5) is 1.99. The molecule has 0 fully saturated rings. The quantitative estimate of drug-likeness (QED) is 0.663. The average molecular weight is 382 g/mol. The number of unbranched alkanes of at least 4 members (excludes halogenated alkanes) is 1. The van der Waals surface area contributed by atoms with Crippen molar-refractivity contribution in [3.8, 4) is 5.75 Å². The van der Waals surface area contributed by atoms with Gasteiger partial charge < -0.3 is 14.7 Å². The molecule has 0 saturated heterocycles. The number of ether oxygens (including phenoxy) is 1. The Morgan fingerprint density at radius 3 is 2.25 bits per heavy atom. The molecule has 1 atom stereocenters. The molecule has 28 heavy (non-hydrogen) atoms. The van der Waals surface area contributed by atoms with Crippen LogP contribution in [0, 0.1) is 6.92 Å². The van der Waals surface area contributed by atoms with Gasteiger partial charge in [0, 0.05) is 13.0 Å². The zero-order chi connectivity index (χ0) is 19.9. The number of methoxy groups -OCH3 is 1. The Balaban J connectivity index is 1.52. The van der Waals surface area contributed by atoms with Gasteiger partial charge in [-0.3, -0.25) is 0 Å². The second kappa shape index (κ2) is 9.60. The van der Waals surface area contributed by atoms with Gasteiger partial charge >= 0.3 is 0 Å². The van der Waals surface area contributed by atoms with Crippen LogP contribution < -0.4 is 4.74 Å².